The summed E-state index contributed by atoms with van der Waals surface area (Å²) in [4.78, 5) is 33.1. The zero-order chi connectivity index (χ0) is 12.3. The number of piperidine rings is 1. The highest BCUT2D eigenvalue weighted by molar-refractivity contribution is 6.01. The molecular formula is C12H12N2O3. The van der Waals surface area contributed by atoms with Gasteiger partial charge in [0.1, 0.15) is 12.3 Å². The molecule has 2 N–H and O–H groups in total. The first kappa shape index (κ1) is 11.3. The first-order chi connectivity index (χ1) is 8.19. The average Bonchev–Trinajstić information content (AvgIpc) is 2.33. The molecule has 1 saturated heterocycles. The van der Waals surface area contributed by atoms with Crippen LogP contribution in [0, 0.1) is 0 Å². The van der Waals surface area contributed by atoms with Gasteiger partial charge in [0.05, 0.1) is 0 Å². The molecule has 5 heteroatoms. The van der Waals surface area contributed by atoms with Crippen LogP contribution in [0.3, 0.4) is 0 Å². The third-order valence-electron chi connectivity index (χ3n) is 2.60. The maximum Gasteiger partial charge on any atom is 0.249 e. The fourth-order valence-corrected chi connectivity index (χ4v) is 1.73. The zero-order valence-corrected chi connectivity index (χ0v) is 9.10. The number of hydrogen-bond donors (Lipinski definition) is 2. The normalized spacial score (nSPS) is 19.6. The quantitative estimate of drug-likeness (QED) is 0.594. The smallest absolute Gasteiger partial charge is 0.249 e. The largest absolute Gasteiger partial charge is 0.374 e. The van der Waals surface area contributed by atoms with Crippen LogP contribution in [-0.4, -0.2) is 24.1 Å². The molecule has 0 radical (unpaired) electrons. The molecule has 1 atom stereocenters. The predicted octanol–water partition coefficient (Wildman–Crippen LogP) is 0.716. The SMILES string of the molecule is O=Cc1cccc(NC2CCC(=O)NC2=O)c1. The molecule has 1 fully saturated rings. The minimum atomic E-state index is -0.422. The molecule has 17 heavy (non-hydrogen) atoms. The third-order valence-corrected chi connectivity index (χ3v) is 2.60. The summed E-state index contributed by atoms with van der Waals surface area (Å²) < 4.78 is 0. The first-order valence-corrected chi connectivity index (χ1v) is 5.34. The molecule has 0 bridgehead atoms. The molecule has 0 aromatic heterocycles. The van der Waals surface area contributed by atoms with Crippen LogP contribution >= 0.6 is 0 Å². The van der Waals surface area contributed by atoms with Crippen LogP contribution < -0.4 is 10.6 Å². The van der Waals surface area contributed by atoms with Crippen molar-refractivity contribution in [1.82, 2.24) is 5.32 Å². The number of amides is 2. The Labute approximate surface area is 98.2 Å². The van der Waals surface area contributed by atoms with Gasteiger partial charge >= 0.3 is 0 Å². The molecule has 1 aromatic carbocycles. The molecule has 5 nitrogen and oxygen atoms in total. The highest BCUT2D eigenvalue weighted by Gasteiger charge is 2.26. The Morgan fingerprint density at radius 3 is 2.88 bits per heavy atom. The summed E-state index contributed by atoms with van der Waals surface area (Å²) in [5.41, 5.74) is 1.24. The van der Waals surface area contributed by atoms with Crippen molar-refractivity contribution in [2.75, 3.05) is 5.32 Å². The van der Waals surface area contributed by atoms with E-state index in [0.29, 0.717) is 24.1 Å². The van der Waals surface area contributed by atoms with Crippen LogP contribution in [0.5, 0.6) is 0 Å². The number of aldehydes is 1. The van der Waals surface area contributed by atoms with Gasteiger partial charge in [0.2, 0.25) is 11.8 Å². The van der Waals surface area contributed by atoms with Crippen molar-refractivity contribution in [2.24, 2.45) is 0 Å². The van der Waals surface area contributed by atoms with E-state index in [4.69, 9.17) is 0 Å². The van der Waals surface area contributed by atoms with Gasteiger partial charge in [-0.2, -0.15) is 0 Å². The summed E-state index contributed by atoms with van der Waals surface area (Å²) in [6, 6.07) is 6.43. The predicted molar refractivity (Wildman–Crippen MR) is 61.6 cm³/mol. The monoisotopic (exact) mass is 232 g/mol. The lowest BCUT2D eigenvalue weighted by molar-refractivity contribution is -0.133. The summed E-state index contributed by atoms with van der Waals surface area (Å²) in [5.74, 6) is -0.563. The maximum absolute atomic E-state index is 11.5. The van der Waals surface area contributed by atoms with Crippen LogP contribution in [0.2, 0.25) is 0 Å². The number of hydrogen-bond acceptors (Lipinski definition) is 4. The van der Waals surface area contributed by atoms with Crippen molar-refractivity contribution < 1.29 is 14.4 Å². The minimum Gasteiger partial charge on any atom is -0.374 e. The number of imide groups is 1. The van der Waals surface area contributed by atoms with Crippen molar-refractivity contribution in [3.8, 4) is 0 Å². The van der Waals surface area contributed by atoms with Crippen molar-refractivity contribution >= 4 is 23.8 Å². The Hall–Kier alpha value is -2.17. The zero-order valence-electron chi connectivity index (χ0n) is 9.10. The van der Waals surface area contributed by atoms with Gasteiger partial charge in [0.15, 0.2) is 0 Å². The van der Waals surface area contributed by atoms with Crippen molar-refractivity contribution in [2.45, 2.75) is 18.9 Å². The molecule has 1 unspecified atom stereocenters. The molecule has 88 valence electrons. The Morgan fingerprint density at radius 2 is 2.18 bits per heavy atom. The number of carbonyl (C=O) groups is 3. The molecule has 0 spiro atoms. The molecule has 2 rings (SSSR count). The van der Waals surface area contributed by atoms with Gasteiger partial charge in [0, 0.05) is 17.7 Å². The van der Waals surface area contributed by atoms with Gasteiger partial charge in [-0.25, -0.2) is 0 Å². The van der Waals surface area contributed by atoms with E-state index in [9.17, 15) is 14.4 Å². The first-order valence-electron chi connectivity index (χ1n) is 5.34. The van der Waals surface area contributed by atoms with E-state index < -0.39 is 6.04 Å². The average molecular weight is 232 g/mol. The highest BCUT2D eigenvalue weighted by Crippen LogP contribution is 2.14. The van der Waals surface area contributed by atoms with E-state index in [-0.39, 0.29) is 11.8 Å². The maximum atomic E-state index is 11.5. The number of nitrogens with one attached hydrogen (secondary N) is 2. The van der Waals surface area contributed by atoms with Crippen LogP contribution in [0.25, 0.3) is 0 Å². The van der Waals surface area contributed by atoms with Gasteiger partial charge in [-0.1, -0.05) is 12.1 Å². The summed E-state index contributed by atoms with van der Waals surface area (Å²) in [5, 5.41) is 5.27. The molecule has 1 aromatic rings. The van der Waals surface area contributed by atoms with Crippen molar-refractivity contribution in [1.29, 1.82) is 0 Å². The van der Waals surface area contributed by atoms with Crippen molar-refractivity contribution in [3.63, 3.8) is 0 Å². The fourth-order valence-electron chi connectivity index (χ4n) is 1.73. The topological polar surface area (TPSA) is 75.3 Å². The Kier molecular flexibility index (Phi) is 3.18. The van der Waals surface area contributed by atoms with E-state index in [1.165, 1.54) is 0 Å². The summed E-state index contributed by atoms with van der Waals surface area (Å²) in [6.07, 6.45) is 1.54. The minimum absolute atomic E-state index is 0.241. The third kappa shape index (κ3) is 2.69. The Bertz CT molecular complexity index is 471. The second-order valence-corrected chi connectivity index (χ2v) is 3.89. The second kappa shape index (κ2) is 4.78. The summed E-state index contributed by atoms with van der Waals surface area (Å²) in [6.45, 7) is 0. The van der Waals surface area contributed by atoms with Crippen LogP contribution in [-0.2, 0) is 9.59 Å². The molecule has 1 aliphatic heterocycles. The molecule has 2 amide bonds. The molecule has 1 heterocycles. The van der Waals surface area contributed by atoms with Crippen LogP contribution in [0.1, 0.15) is 23.2 Å². The lowest BCUT2D eigenvalue weighted by atomic mass is 10.1. The van der Waals surface area contributed by atoms with Crippen LogP contribution in [0.15, 0.2) is 24.3 Å². The van der Waals surface area contributed by atoms with Gasteiger partial charge in [-0.05, 0) is 18.6 Å². The van der Waals surface area contributed by atoms with Gasteiger partial charge in [-0.15, -0.1) is 0 Å². The van der Waals surface area contributed by atoms with E-state index in [1.807, 2.05) is 0 Å². The van der Waals surface area contributed by atoms with E-state index in [1.54, 1.807) is 24.3 Å². The van der Waals surface area contributed by atoms with Crippen molar-refractivity contribution in [3.05, 3.63) is 29.8 Å². The molecule has 0 aliphatic carbocycles. The van der Waals surface area contributed by atoms with Gasteiger partial charge < -0.3 is 5.32 Å². The summed E-state index contributed by atoms with van der Waals surface area (Å²) >= 11 is 0. The second-order valence-electron chi connectivity index (χ2n) is 3.89. The van der Waals surface area contributed by atoms with Gasteiger partial charge in [0.25, 0.3) is 0 Å². The number of anilines is 1. The summed E-state index contributed by atoms with van der Waals surface area (Å²) in [7, 11) is 0. The number of carbonyl (C=O) groups excluding carboxylic acids is 3. The number of rotatable bonds is 3. The van der Waals surface area contributed by atoms with Crippen LogP contribution in [0.4, 0.5) is 5.69 Å². The highest BCUT2D eigenvalue weighted by atomic mass is 16.2. The molecule has 1 aliphatic rings. The van der Waals surface area contributed by atoms with E-state index >= 15 is 0 Å². The number of benzene rings is 1. The van der Waals surface area contributed by atoms with E-state index in [2.05, 4.69) is 10.6 Å². The molecule has 0 saturated carbocycles. The Morgan fingerprint density at radius 1 is 1.35 bits per heavy atom. The standard InChI is InChI=1S/C12H12N2O3/c15-7-8-2-1-3-9(6-8)13-10-4-5-11(16)14-12(10)17/h1-3,6-7,10,13H,4-5H2,(H,14,16,17). The fraction of sp³-hybridized carbons (Fsp3) is 0.250. The van der Waals surface area contributed by atoms with Gasteiger partial charge in [-0.3, -0.25) is 19.7 Å². The van der Waals surface area contributed by atoms with E-state index in [0.717, 1.165) is 6.29 Å². The lowest BCUT2D eigenvalue weighted by Crippen LogP contribution is -2.47. The lowest BCUT2D eigenvalue weighted by Gasteiger charge is -2.22. The molecular weight excluding hydrogens is 220 g/mol. The Balaban J connectivity index is 2.07.